The fraction of sp³-hybridized carbons (Fsp3) is 0.182. The third kappa shape index (κ3) is 5.29. The maximum atomic E-state index is 9.52. The first-order valence-electron chi connectivity index (χ1n) is 8.87. The zero-order valence-corrected chi connectivity index (χ0v) is 17.5. The molecule has 0 amide bonds. The Balaban J connectivity index is 1.72. The molecule has 0 aliphatic carbocycles. The highest BCUT2D eigenvalue weighted by molar-refractivity contribution is 9.10. The van der Waals surface area contributed by atoms with Crippen LogP contribution in [-0.4, -0.2) is 4.98 Å². The van der Waals surface area contributed by atoms with Gasteiger partial charge in [0.25, 0.3) is 0 Å². The second-order valence-electron chi connectivity index (χ2n) is 6.16. The van der Waals surface area contributed by atoms with Crippen LogP contribution < -0.4 is 5.32 Å². The van der Waals surface area contributed by atoms with Gasteiger partial charge in [0, 0.05) is 27.3 Å². The van der Waals surface area contributed by atoms with Crippen molar-refractivity contribution in [2.45, 2.75) is 26.2 Å². The molecule has 136 valence electrons. The van der Waals surface area contributed by atoms with Crippen LogP contribution >= 0.6 is 27.3 Å². The third-order valence-corrected chi connectivity index (χ3v) is 5.50. The minimum atomic E-state index is 0.524. The summed E-state index contributed by atoms with van der Waals surface area (Å²) in [6, 6.07) is 18.6. The lowest BCUT2D eigenvalue weighted by atomic mass is 10.1. The van der Waals surface area contributed by atoms with Crippen molar-refractivity contribution >= 4 is 38.5 Å². The van der Waals surface area contributed by atoms with Crippen LogP contribution in [0.2, 0.25) is 0 Å². The van der Waals surface area contributed by atoms with E-state index in [1.807, 2.05) is 41.8 Å². The van der Waals surface area contributed by atoms with Crippen LogP contribution in [0.4, 0.5) is 5.69 Å². The van der Waals surface area contributed by atoms with Gasteiger partial charge in [-0.2, -0.15) is 5.26 Å². The summed E-state index contributed by atoms with van der Waals surface area (Å²) in [4.78, 5) is 4.62. The molecule has 3 aromatic rings. The normalized spacial score (nSPS) is 11.2. The predicted octanol–water partition coefficient (Wildman–Crippen LogP) is 6.89. The van der Waals surface area contributed by atoms with Crippen molar-refractivity contribution in [3.63, 3.8) is 0 Å². The number of nitrogens with one attached hydrogen (secondary N) is 1. The van der Waals surface area contributed by atoms with Crippen molar-refractivity contribution in [1.82, 2.24) is 4.98 Å². The largest absolute Gasteiger partial charge is 0.360 e. The van der Waals surface area contributed by atoms with Gasteiger partial charge in [0.05, 0.1) is 5.69 Å². The first-order chi connectivity index (χ1) is 13.2. The maximum Gasteiger partial charge on any atom is 0.136 e. The molecule has 5 heteroatoms. The molecule has 0 atom stereocenters. The Hall–Kier alpha value is -2.42. The van der Waals surface area contributed by atoms with Crippen molar-refractivity contribution in [2.24, 2.45) is 0 Å². The fourth-order valence-corrected chi connectivity index (χ4v) is 3.82. The van der Waals surface area contributed by atoms with E-state index in [0.717, 1.165) is 27.8 Å². The van der Waals surface area contributed by atoms with Crippen LogP contribution in [0.3, 0.4) is 0 Å². The molecule has 2 aromatic carbocycles. The maximum absolute atomic E-state index is 9.52. The number of thiazole rings is 1. The first-order valence-corrected chi connectivity index (χ1v) is 10.5. The molecule has 0 fully saturated rings. The molecular weight excluding hydrogens is 418 g/mol. The number of aromatic nitrogens is 1. The van der Waals surface area contributed by atoms with E-state index in [0.29, 0.717) is 10.6 Å². The van der Waals surface area contributed by atoms with E-state index in [-0.39, 0.29) is 0 Å². The molecule has 1 heterocycles. The summed E-state index contributed by atoms with van der Waals surface area (Å²) < 4.78 is 1.01. The molecule has 0 spiro atoms. The Morgan fingerprint density at radius 1 is 1.26 bits per heavy atom. The number of rotatable bonds is 7. The molecule has 0 aliphatic heterocycles. The molecule has 0 saturated carbocycles. The number of benzene rings is 2. The van der Waals surface area contributed by atoms with Crippen LogP contribution in [0.15, 0.2) is 64.6 Å². The number of anilines is 1. The molecule has 3 nitrogen and oxygen atoms in total. The summed E-state index contributed by atoms with van der Waals surface area (Å²) in [5, 5.41) is 15.4. The number of nitriles is 1. The zero-order chi connectivity index (χ0) is 19.1. The van der Waals surface area contributed by atoms with Crippen LogP contribution in [0.25, 0.3) is 16.8 Å². The van der Waals surface area contributed by atoms with Gasteiger partial charge in [-0.15, -0.1) is 11.3 Å². The standard InChI is InChI=1S/C22H20BrN3S/c1-2-3-5-16-8-10-20(11-9-16)25-14-18(13-24)22-26-21(15-27-22)17-6-4-7-19(23)12-17/h4,6-12,14-15,25H,2-3,5H2,1H3. The van der Waals surface area contributed by atoms with Crippen molar-refractivity contribution in [3.8, 4) is 17.3 Å². The van der Waals surface area contributed by atoms with Gasteiger partial charge in [-0.3, -0.25) is 0 Å². The molecule has 0 bridgehead atoms. The van der Waals surface area contributed by atoms with Crippen molar-refractivity contribution in [3.05, 3.63) is 75.2 Å². The summed E-state index contributed by atoms with van der Waals surface area (Å²) in [5.74, 6) is 0. The van der Waals surface area contributed by atoms with Gasteiger partial charge in [-0.05, 0) is 42.7 Å². The second kappa shape index (κ2) is 9.50. The van der Waals surface area contributed by atoms with Gasteiger partial charge in [0.15, 0.2) is 0 Å². The van der Waals surface area contributed by atoms with Gasteiger partial charge in [-0.1, -0.05) is 53.5 Å². The number of nitrogens with zero attached hydrogens (tertiary/aromatic N) is 2. The van der Waals surface area contributed by atoms with E-state index >= 15 is 0 Å². The lowest BCUT2D eigenvalue weighted by molar-refractivity contribution is 0.795. The monoisotopic (exact) mass is 437 g/mol. The summed E-state index contributed by atoms with van der Waals surface area (Å²) in [5.41, 5.74) is 4.73. The highest BCUT2D eigenvalue weighted by atomic mass is 79.9. The van der Waals surface area contributed by atoms with E-state index in [4.69, 9.17) is 0 Å². The minimum Gasteiger partial charge on any atom is -0.360 e. The Morgan fingerprint density at radius 3 is 2.78 bits per heavy atom. The topological polar surface area (TPSA) is 48.7 Å². The van der Waals surface area contributed by atoms with Gasteiger partial charge in [0.1, 0.15) is 16.6 Å². The Kier molecular flexibility index (Phi) is 6.80. The Morgan fingerprint density at radius 2 is 2.07 bits per heavy atom. The van der Waals surface area contributed by atoms with Gasteiger partial charge in [0.2, 0.25) is 0 Å². The van der Waals surface area contributed by atoms with Crippen LogP contribution in [0, 0.1) is 11.3 Å². The number of unbranched alkanes of at least 4 members (excludes halogenated alkanes) is 1. The minimum absolute atomic E-state index is 0.524. The number of halogens is 1. The number of hydrogen-bond donors (Lipinski definition) is 1. The SMILES string of the molecule is CCCCc1ccc(NC=C(C#N)c2nc(-c3cccc(Br)c3)cs2)cc1. The van der Waals surface area contributed by atoms with Crippen molar-refractivity contribution < 1.29 is 0 Å². The van der Waals surface area contributed by atoms with Crippen LogP contribution in [0.5, 0.6) is 0 Å². The number of aryl methyl sites for hydroxylation is 1. The Labute approximate surface area is 172 Å². The molecule has 0 saturated heterocycles. The van der Waals surface area contributed by atoms with Crippen molar-refractivity contribution in [1.29, 1.82) is 5.26 Å². The van der Waals surface area contributed by atoms with E-state index in [1.165, 1.54) is 29.7 Å². The molecule has 0 radical (unpaired) electrons. The molecule has 0 aliphatic rings. The number of hydrogen-bond acceptors (Lipinski definition) is 4. The molecule has 1 aromatic heterocycles. The lowest BCUT2D eigenvalue weighted by Crippen LogP contribution is -1.92. The van der Waals surface area contributed by atoms with Gasteiger partial charge in [-0.25, -0.2) is 4.98 Å². The highest BCUT2D eigenvalue weighted by Crippen LogP contribution is 2.27. The van der Waals surface area contributed by atoms with Crippen molar-refractivity contribution in [2.75, 3.05) is 5.32 Å². The van der Waals surface area contributed by atoms with E-state index in [1.54, 1.807) is 6.20 Å². The van der Waals surface area contributed by atoms with Gasteiger partial charge >= 0.3 is 0 Å². The van der Waals surface area contributed by atoms with E-state index in [9.17, 15) is 5.26 Å². The summed E-state index contributed by atoms with van der Waals surface area (Å²) >= 11 is 4.95. The summed E-state index contributed by atoms with van der Waals surface area (Å²) in [7, 11) is 0. The molecule has 27 heavy (non-hydrogen) atoms. The third-order valence-electron chi connectivity index (χ3n) is 4.13. The van der Waals surface area contributed by atoms with Crippen LogP contribution in [-0.2, 0) is 6.42 Å². The summed E-state index contributed by atoms with van der Waals surface area (Å²) in [6.07, 6.45) is 5.23. The average Bonchev–Trinajstić information content (AvgIpc) is 3.18. The highest BCUT2D eigenvalue weighted by Gasteiger charge is 2.09. The molecular formula is C22H20BrN3S. The Bertz CT molecular complexity index is 968. The first kappa shape index (κ1) is 19.3. The second-order valence-corrected chi connectivity index (χ2v) is 7.94. The molecule has 1 N–H and O–H groups in total. The predicted molar refractivity (Wildman–Crippen MR) is 118 cm³/mol. The average molecular weight is 438 g/mol. The quantitative estimate of drug-likeness (QED) is 0.409. The number of allylic oxidation sites excluding steroid dienone is 1. The molecule has 0 unspecified atom stereocenters. The molecule has 3 rings (SSSR count). The lowest BCUT2D eigenvalue weighted by Gasteiger charge is -2.04. The van der Waals surface area contributed by atoms with Gasteiger partial charge < -0.3 is 5.32 Å². The van der Waals surface area contributed by atoms with Crippen LogP contribution in [0.1, 0.15) is 30.3 Å². The summed E-state index contributed by atoms with van der Waals surface area (Å²) in [6.45, 7) is 2.20. The zero-order valence-electron chi connectivity index (χ0n) is 15.1. The smallest absolute Gasteiger partial charge is 0.136 e. The van der Waals surface area contributed by atoms with E-state index in [2.05, 4.69) is 51.4 Å². The fourth-order valence-electron chi connectivity index (χ4n) is 2.62. The van der Waals surface area contributed by atoms with E-state index < -0.39 is 0 Å².